The molecule has 2 rings (SSSR count). The molecule has 76 valence electrons. The normalized spacial score (nSPS) is 20.6. The Hall–Kier alpha value is -0.130. The van der Waals surface area contributed by atoms with Crippen molar-refractivity contribution >= 4 is 37.5 Å². The molecular weight excluding hydrogens is 315 g/mol. The second-order valence-corrected chi connectivity index (χ2v) is 4.99. The Morgan fingerprint density at radius 2 is 2.07 bits per heavy atom. The van der Waals surface area contributed by atoms with E-state index in [1.807, 2.05) is 0 Å². The number of halogens is 3. The van der Waals surface area contributed by atoms with Gasteiger partial charge in [0.2, 0.25) is 0 Å². The molecule has 2 nitrogen and oxygen atoms in total. The van der Waals surface area contributed by atoms with E-state index < -0.39 is 0 Å². The van der Waals surface area contributed by atoms with E-state index in [9.17, 15) is 4.39 Å². The van der Waals surface area contributed by atoms with Crippen LogP contribution in [0.2, 0.25) is 0 Å². The predicted octanol–water partition coefficient (Wildman–Crippen LogP) is 2.97. The Morgan fingerprint density at radius 3 is 2.57 bits per heavy atom. The van der Waals surface area contributed by atoms with Crippen LogP contribution in [0.25, 0.3) is 0 Å². The van der Waals surface area contributed by atoms with Gasteiger partial charge in [0.1, 0.15) is 5.82 Å². The minimum atomic E-state index is -0.261. The van der Waals surface area contributed by atoms with E-state index in [1.54, 1.807) is 6.07 Å². The number of hydrogen-bond acceptors (Lipinski definition) is 2. The summed E-state index contributed by atoms with van der Waals surface area (Å²) in [5.41, 5.74) is 6.87. The van der Waals surface area contributed by atoms with Gasteiger partial charge in [0.05, 0.1) is 10.2 Å². The van der Waals surface area contributed by atoms with Crippen molar-refractivity contribution in [2.45, 2.75) is 12.5 Å². The standard InChI is InChI=1S/C9H9Br2FN2/c10-4-3-5(11)9(13)7(8(4)12)6-1-2-14-6/h3,6,14H,1-2,13H2. The van der Waals surface area contributed by atoms with Gasteiger partial charge in [-0.25, -0.2) is 4.39 Å². The zero-order chi connectivity index (χ0) is 10.3. The van der Waals surface area contributed by atoms with Crippen LogP contribution in [0.3, 0.4) is 0 Å². The molecule has 1 aliphatic rings. The first-order valence-corrected chi connectivity index (χ1v) is 5.86. The molecule has 0 amide bonds. The van der Waals surface area contributed by atoms with Crippen LogP contribution in [0.15, 0.2) is 15.0 Å². The average molecular weight is 324 g/mol. The smallest absolute Gasteiger partial charge is 0.144 e. The number of rotatable bonds is 1. The maximum absolute atomic E-state index is 13.7. The first-order valence-electron chi connectivity index (χ1n) is 4.27. The van der Waals surface area contributed by atoms with Crippen LogP contribution in [0, 0.1) is 5.82 Å². The van der Waals surface area contributed by atoms with Crippen LogP contribution in [-0.2, 0) is 0 Å². The first-order chi connectivity index (χ1) is 6.61. The van der Waals surface area contributed by atoms with Gasteiger partial charge in [-0.3, -0.25) is 0 Å². The van der Waals surface area contributed by atoms with Gasteiger partial charge >= 0.3 is 0 Å². The van der Waals surface area contributed by atoms with Crippen molar-refractivity contribution in [3.63, 3.8) is 0 Å². The van der Waals surface area contributed by atoms with E-state index in [4.69, 9.17) is 5.73 Å². The zero-order valence-corrected chi connectivity index (χ0v) is 10.5. The van der Waals surface area contributed by atoms with Crippen molar-refractivity contribution in [2.24, 2.45) is 0 Å². The Labute approximate surface area is 98.3 Å². The summed E-state index contributed by atoms with van der Waals surface area (Å²) in [4.78, 5) is 0. The molecule has 1 fully saturated rings. The molecule has 14 heavy (non-hydrogen) atoms. The molecule has 0 saturated carbocycles. The molecule has 0 spiro atoms. The zero-order valence-electron chi connectivity index (χ0n) is 7.28. The van der Waals surface area contributed by atoms with Crippen LogP contribution < -0.4 is 11.1 Å². The molecule has 3 N–H and O–H groups in total. The maximum atomic E-state index is 13.7. The van der Waals surface area contributed by atoms with Gasteiger partial charge in [-0.05, 0) is 50.9 Å². The fourth-order valence-corrected chi connectivity index (χ4v) is 2.70. The van der Waals surface area contributed by atoms with Crippen LogP contribution in [-0.4, -0.2) is 6.54 Å². The third-order valence-corrected chi connectivity index (χ3v) is 3.65. The van der Waals surface area contributed by atoms with E-state index in [2.05, 4.69) is 37.2 Å². The molecule has 0 aliphatic carbocycles. The van der Waals surface area contributed by atoms with Gasteiger partial charge in [0.25, 0.3) is 0 Å². The van der Waals surface area contributed by atoms with Gasteiger partial charge in [0, 0.05) is 16.1 Å². The SMILES string of the molecule is Nc1c(Br)cc(Br)c(F)c1C1CCN1. The minimum absolute atomic E-state index is 0.0591. The molecule has 0 radical (unpaired) electrons. The molecule has 0 aromatic heterocycles. The maximum Gasteiger partial charge on any atom is 0.144 e. The number of benzene rings is 1. The number of anilines is 1. The lowest BCUT2D eigenvalue weighted by Gasteiger charge is -2.30. The molecule has 1 saturated heterocycles. The monoisotopic (exact) mass is 322 g/mol. The van der Waals surface area contributed by atoms with Gasteiger partial charge < -0.3 is 11.1 Å². The van der Waals surface area contributed by atoms with Crippen LogP contribution >= 0.6 is 31.9 Å². The fourth-order valence-electron chi connectivity index (χ4n) is 1.50. The van der Waals surface area contributed by atoms with Crippen molar-refractivity contribution in [1.29, 1.82) is 0 Å². The summed E-state index contributed by atoms with van der Waals surface area (Å²) in [6.45, 7) is 0.924. The van der Waals surface area contributed by atoms with Gasteiger partial charge in [-0.2, -0.15) is 0 Å². The molecular formula is C9H9Br2FN2. The molecule has 0 bridgehead atoms. The molecule has 1 atom stereocenters. The van der Waals surface area contributed by atoms with Crippen molar-refractivity contribution in [3.05, 3.63) is 26.4 Å². The van der Waals surface area contributed by atoms with E-state index in [0.29, 0.717) is 15.7 Å². The van der Waals surface area contributed by atoms with Crippen LogP contribution in [0.4, 0.5) is 10.1 Å². The van der Waals surface area contributed by atoms with Gasteiger partial charge in [-0.1, -0.05) is 0 Å². The summed E-state index contributed by atoms with van der Waals surface area (Å²) in [6, 6.07) is 1.69. The lowest BCUT2D eigenvalue weighted by molar-refractivity contribution is 0.371. The highest BCUT2D eigenvalue weighted by Crippen LogP contribution is 2.38. The molecule has 1 aromatic rings. The van der Waals surface area contributed by atoms with Crippen molar-refractivity contribution in [3.8, 4) is 0 Å². The number of nitrogens with two attached hydrogens (primary N) is 1. The Bertz CT molecular complexity index is 351. The Morgan fingerprint density at radius 1 is 1.43 bits per heavy atom. The van der Waals surface area contributed by atoms with E-state index in [1.165, 1.54) is 0 Å². The quantitative estimate of drug-likeness (QED) is 0.616. The molecule has 1 aliphatic heterocycles. The van der Waals surface area contributed by atoms with Crippen molar-refractivity contribution in [2.75, 3.05) is 12.3 Å². The van der Waals surface area contributed by atoms with Crippen LogP contribution in [0.1, 0.15) is 18.0 Å². The molecule has 5 heteroatoms. The molecule has 1 heterocycles. The third kappa shape index (κ3) is 1.57. The first kappa shape index (κ1) is 10.4. The second kappa shape index (κ2) is 3.79. The minimum Gasteiger partial charge on any atom is -0.397 e. The summed E-state index contributed by atoms with van der Waals surface area (Å²) < 4.78 is 14.9. The molecule has 1 aromatic carbocycles. The number of hydrogen-bond donors (Lipinski definition) is 2. The molecule has 1 unspecified atom stereocenters. The highest BCUT2D eigenvalue weighted by atomic mass is 79.9. The van der Waals surface area contributed by atoms with Crippen molar-refractivity contribution in [1.82, 2.24) is 5.32 Å². The number of nitrogen functional groups attached to an aromatic ring is 1. The lowest BCUT2D eigenvalue weighted by atomic mass is 9.96. The van der Waals surface area contributed by atoms with Crippen molar-refractivity contribution < 1.29 is 4.39 Å². The summed E-state index contributed by atoms with van der Waals surface area (Å²) in [5, 5.41) is 3.14. The largest absolute Gasteiger partial charge is 0.397 e. The highest BCUT2D eigenvalue weighted by molar-refractivity contribution is 9.11. The topological polar surface area (TPSA) is 38.0 Å². The van der Waals surface area contributed by atoms with Crippen LogP contribution in [0.5, 0.6) is 0 Å². The Balaban J connectivity index is 2.54. The summed E-state index contributed by atoms with van der Waals surface area (Å²) >= 11 is 6.47. The Kier molecular flexibility index (Phi) is 2.81. The van der Waals surface area contributed by atoms with E-state index in [0.717, 1.165) is 17.4 Å². The summed E-state index contributed by atoms with van der Waals surface area (Å²) in [7, 11) is 0. The predicted molar refractivity (Wildman–Crippen MR) is 61.6 cm³/mol. The lowest BCUT2D eigenvalue weighted by Crippen LogP contribution is -2.36. The summed E-state index contributed by atoms with van der Waals surface area (Å²) in [6.07, 6.45) is 0.935. The second-order valence-electron chi connectivity index (χ2n) is 3.28. The van der Waals surface area contributed by atoms with E-state index in [-0.39, 0.29) is 11.9 Å². The third-order valence-electron chi connectivity index (χ3n) is 2.42. The summed E-state index contributed by atoms with van der Waals surface area (Å²) in [5.74, 6) is -0.261. The van der Waals surface area contributed by atoms with Gasteiger partial charge in [0.15, 0.2) is 0 Å². The highest BCUT2D eigenvalue weighted by Gasteiger charge is 2.26. The van der Waals surface area contributed by atoms with Gasteiger partial charge in [-0.15, -0.1) is 0 Å². The van der Waals surface area contributed by atoms with E-state index >= 15 is 0 Å². The fraction of sp³-hybridized carbons (Fsp3) is 0.333. The number of nitrogens with one attached hydrogen (secondary N) is 1. The average Bonchev–Trinajstić information content (AvgIpc) is 2.06.